The molecule has 36 heavy (non-hydrogen) atoms. The minimum absolute atomic E-state index is 0.396. The first-order valence-corrected chi connectivity index (χ1v) is 12.0. The molecule has 1 N–H and O–H groups in total. The summed E-state index contributed by atoms with van der Waals surface area (Å²) in [6.45, 7) is 2.04. The number of halogens is 1. The number of nitrogens with one attached hydrogen (secondary N) is 1. The molecule has 0 amide bonds. The average molecular weight is 491 g/mol. The van der Waals surface area contributed by atoms with E-state index in [0.717, 1.165) is 40.0 Å². The third-order valence-corrected chi connectivity index (χ3v) is 6.28. The maximum Gasteiger partial charge on any atom is 0.183 e. The van der Waals surface area contributed by atoms with Crippen LogP contribution < -0.4 is 5.32 Å². The number of aliphatic imine (C=N–C) groups is 1. The van der Waals surface area contributed by atoms with Crippen LogP contribution in [0.15, 0.2) is 90.2 Å². The first-order valence-electron chi connectivity index (χ1n) is 11.6. The highest BCUT2D eigenvalue weighted by atomic mass is 35.5. The van der Waals surface area contributed by atoms with Crippen molar-refractivity contribution in [2.75, 3.05) is 5.32 Å². The van der Waals surface area contributed by atoms with E-state index in [4.69, 9.17) is 21.6 Å². The van der Waals surface area contributed by atoms with Crippen LogP contribution in [-0.2, 0) is 13.5 Å². The molecule has 0 spiro atoms. The van der Waals surface area contributed by atoms with E-state index in [-0.39, 0.29) is 0 Å². The molecule has 0 atom stereocenters. The van der Waals surface area contributed by atoms with Gasteiger partial charge in [0.1, 0.15) is 17.4 Å². The van der Waals surface area contributed by atoms with E-state index in [1.54, 1.807) is 12.4 Å². The average Bonchev–Trinajstić information content (AvgIpc) is 3.29. The van der Waals surface area contributed by atoms with Crippen LogP contribution in [0.25, 0.3) is 11.0 Å². The normalized spacial score (nSPS) is 10.7. The number of hydrogen-bond donors (Lipinski definition) is 1. The number of nitrogens with zero attached hydrogens (tertiary/aromatic N) is 5. The fourth-order valence-corrected chi connectivity index (χ4v) is 4.30. The lowest BCUT2D eigenvalue weighted by Crippen LogP contribution is -2.04. The van der Waals surface area contributed by atoms with E-state index >= 15 is 0 Å². The minimum Gasteiger partial charge on any atom is -0.340 e. The van der Waals surface area contributed by atoms with Crippen molar-refractivity contribution >= 4 is 45.7 Å². The number of nitriles is 1. The number of aryl methyl sites for hydroxylation is 2. The summed E-state index contributed by atoms with van der Waals surface area (Å²) in [6, 6.07) is 27.8. The Morgan fingerprint density at radius 3 is 2.31 bits per heavy atom. The second kappa shape index (κ2) is 10.0. The van der Waals surface area contributed by atoms with Crippen molar-refractivity contribution in [1.82, 2.24) is 14.5 Å². The number of pyridine rings is 1. The minimum atomic E-state index is 0.396. The smallest absolute Gasteiger partial charge is 0.183 e. The molecular formula is C29H23ClN6. The second-order valence-electron chi connectivity index (χ2n) is 8.33. The number of imidazole rings is 1. The molecule has 2 heterocycles. The van der Waals surface area contributed by atoms with Gasteiger partial charge in [0.15, 0.2) is 5.82 Å². The van der Waals surface area contributed by atoms with E-state index in [2.05, 4.69) is 16.4 Å². The Bertz CT molecular complexity index is 1570. The van der Waals surface area contributed by atoms with Gasteiger partial charge in [-0.1, -0.05) is 79.2 Å². The molecule has 2 aromatic heterocycles. The van der Waals surface area contributed by atoms with Crippen LogP contribution in [0.4, 0.5) is 17.3 Å². The zero-order valence-electron chi connectivity index (χ0n) is 19.9. The Labute approximate surface area is 214 Å². The number of anilines is 2. The molecule has 0 unspecified atom stereocenters. The van der Waals surface area contributed by atoms with Crippen molar-refractivity contribution in [2.45, 2.75) is 13.3 Å². The molecule has 0 saturated carbocycles. The standard InChI is InChI=1S/C29H23ClN6/c1-3-19-14-22(17-31)23(30)15-24(19)33-26-16-25-28(32-18-36(25)2)29(34-26)35-27(20-10-6-4-7-11-20)21-12-8-5-9-13-21/h4-16,18H,3H2,1-2H3,(H,33,34). The molecule has 6 nitrogen and oxygen atoms in total. The molecule has 0 saturated heterocycles. The summed E-state index contributed by atoms with van der Waals surface area (Å²) in [5.41, 5.74) is 6.61. The van der Waals surface area contributed by atoms with E-state index in [0.29, 0.717) is 27.7 Å². The molecule has 0 aliphatic carbocycles. The van der Waals surface area contributed by atoms with E-state index in [9.17, 15) is 5.26 Å². The maximum atomic E-state index is 9.36. The molecule has 0 fully saturated rings. The first kappa shape index (κ1) is 23.3. The molecular weight excluding hydrogens is 468 g/mol. The van der Waals surface area contributed by atoms with Crippen molar-refractivity contribution < 1.29 is 0 Å². The highest BCUT2D eigenvalue weighted by Gasteiger charge is 2.15. The Balaban J connectivity index is 1.68. The number of rotatable bonds is 6. The predicted molar refractivity (Wildman–Crippen MR) is 146 cm³/mol. The topological polar surface area (TPSA) is 78.9 Å². The Hall–Kier alpha value is -4.47. The lowest BCUT2D eigenvalue weighted by Gasteiger charge is -2.13. The van der Waals surface area contributed by atoms with Gasteiger partial charge in [-0.3, -0.25) is 0 Å². The van der Waals surface area contributed by atoms with Gasteiger partial charge in [-0.2, -0.15) is 5.26 Å². The molecule has 5 aromatic rings. The lowest BCUT2D eigenvalue weighted by atomic mass is 10.0. The monoisotopic (exact) mass is 490 g/mol. The van der Waals surface area contributed by atoms with E-state index in [1.807, 2.05) is 91.3 Å². The molecule has 0 aliphatic heterocycles. The Morgan fingerprint density at radius 2 is 1.69 bits per heavy atom. The second-order valence-corrected chi connectivity index (χ2v) is 8.73. The van der Waals surface area contributed by atoms with Crippen molar-refractivity contribution in [3.63, 3.8) is 0 Å². The number of fused-ring (bicyclic) bond motifs is 1. The largest absolute Gasteiger partial charge is 0.340 e. The zero-order valence-corrected chi connectivity index (χ0v) is 20.7. The fourth-order valence-electron chi connectivity index (χ4n) is 4.10. The van der Waals surface area contributed by atoms with Gasteiger partial charge in [0.25, 0.3) is 0 Å². The van der Waals surface area contributed by atoms with Crippen molar-refractivity contribution in [3.8, 4) is 6.07 Å². The van der Waals surface area contributed by atoms with Crippen LogP contribution in [0.1, 0.15) is 29.2 Å². The lowest BCUT2D eigenvalue weighted by molar-refractivity contribution is 0.947. The maximum absolute atomic E-state index is 9.36. The summed E-state index contributed by atoms with van der Waals surface area (Å²) in [5.74, 6) is 1.12. The third-order valence-electron chi connectivity index (χ3n) is 5.96. The summed E-state index contributed by atoms with van der Waals surface area (Å²) in [7, 11) is 1.94. The third kappa shape index (κ3) is 4.57. The molecule has 176 valence electrons. The van der Waals surface area contributed by atoms with Crippen LogP contribution in [0.5, 0.6) is 0 Å². The number of aromatic nitrogens is 3. The Morgan fingerprint density at radius 1 is 1.03 bits per heavy atom. The van der Waals surface area contributed by atoms with Crippen LogP contribution in [0.3, 0.4) is 0 Å². The molecule has 0 bridgehead atoms. The van der Waals surface area contributed by atoms with Gasteiger partial charge in [0, 0.05) is 29.9 Å². The van der Waals surface area contributed by atoms with Gasteiger partial charge in [0.2, 0.25) is 0 Å². The molecule has 7 heteroatoms. The predicted octanol–water partition coefficient (Wildman–Crippen LogP) is 6.97. The molecule has 5 rings (SSSR count). The summed E-state index contributed by atoms with van der Waals surface area (Å²) >= 11 is 6.34. The van der Waals surface area contributed by atoms with Gasteiger partial charge in [-0.05, 0) is 24.1 Å². The summed E-state index contributed by atoms with van der Waals surface area (Å²) in [5, 5.41) is 13.2. The molecule has 0 radical (unpaired) electrons. The molecule has 0 aliphatic rings. The highest BCUT2D eigenvalue weighted by molar-refractivity contribution is 6.32. The quantitative estimate of drug-likeness (QED) is 0.261. The number of benzene rings is 3. The van der Waals surface area contributed by atoms with Crippen LogP contribution >= 0.6 is 11.6 Å². The number of hydrogen-bond acceptors (Lipinski definition) is 5. The van der Waals surface area contributed by atoms with Gasteiger partial charge in [-0.25, -0.2) is 15.0 Å². The van der Waals surface area contributed by atoms with Crippen molar-refractivity contribution in [3.05, 3.63) is 112 Å². The van der Waals surface area contributed by atoms with Gasteiger partial charge in [-0.15, -0.1) is 0 Å². The van der Waals surface area contributed by atoms with Gasteiger partial charge in [0.05, 0.1) is 28.1 Å². The molecule has 3 aromatic carbocycles. The van der Waals surface area contributed by atoms with Crippen molar-refractivity contribution in [2.24, 2.45) is 12.0 Å². The Kier molecular flexibility index (Phi) is 6.48. The van der Waals surface area contributed by atoms with Crippen LogP contribution in [0.2, 0.25) is 5.02 Å². The van der Waals surface area contributed by atoms with Crippen LogP contribution in [0, 0.1) is 11.3 Å². The summed E-state index contributed by atoms with van der Waals surface area (Å²) in [6.07, 6.45) is 2.50. The summed E-state index contributed by atoms with van der Waals surface area (Å²) < 4.78 is 1.94. The van der Waals surface area contributed by atoms with E-state index < -0.39 is 0 Å². The zero-order chi connectivity index (χ0) is 25.1. The van der Waals surface area contributed by atoms with Crippen molar-refractivity contribution in [1.29, 1.82) is 5.26 Å². The SMILES string of the molecule is CCc1cc(C#N)c(Cl)cc1Nc1cc2c(ncn2C)c(N=C(c2ccccc2)c2ccccc2)n1. The highest BCUT2D eigenvalue weighted by Crippen LogP contribution is 2.32. The first-order chi connectivity index (χ1) is 17.6. The van der Waals surface area contributed by atoms with Crippen LogP contribution in [-0.4, -0.2) is 20.2 Å². The van der Waals surface area contributed by atoms with Gasteiger partial charge >= 0.3 is 0 Å². The van der Waals surface area contributed by atoms with E-state index in [1.165, 1.54) is 0 Å². The summed E-state index contributed by atoms with van der Waals surface area (Å²) in [4.78, 5) is 14.5. The van der Waals surface area contributed by atoms with Gasteiger partial charge < -0.3 is 9.88 Å². The fraction of sp³-hybridized carbons (Fsp3) is 0.103.